The summed E-state index contributed by atoms with van der Waals surface area (Å²) in [6, 6.07) is 6.28. The fourth-order valence-electron chi connectivity index (χ4n) is 3.76. The highest BCUT2D eigenvalue weighted by Crippen LogP contribution is 2.38. The molecule has 10 heteroatoms. The zero-order valence-electron chi connectivity index (χ0n) is 17.5. The van der Waals surface area contributed by atoms with Gasteiger partial charge in [0.1, 0.15) is 24.9 Å². The number of nitrogens with one attached hydrogen (secondary N) is 1. The van der Waals surface area contributed by atoms with Crippen molar-refractivity contribution in [1.29, 1.82) is 0 Å². The SMILES string of the molecule is CNCc1cc(N(C)C)nc([C@@H]2CCCN2S(=O)(=O)c2ccc3c(c2)OCCO3)n1. The van der Waals surface area contributed by atoms with E-state index in [2.05, 4.69) is 15.3 Å². The second kappa shape index (κ2) is 8.37. The molecule has 1 N–H and O–H groups in total. The number of anilines is 1. The number of hydrogen-bond donors (Lipinski definition) is 1. The van der Waals surface area contributed by atoms with Crippen LogP contribution in [0.4, 0.5) is 5.82 Å². The lowest BCUT2D eigenvalue weighted by atomic mass is 10.2. The lowest BCUT2D eigenvalue weighted by Crippen LogP contribution is -2.32. The Kier molecular flexibility index (Phi) is 5.81. The van der Waals surface area contributed by atoms with E-state index in [0.717, 1.165) is 17.9 Å². The molecule has 2 aliphatic heterocycles. The van der Waals surface area contributed by atoms with E-state index in [1.807, 2.05) is 32.1 Å². The number of sulfonamides is 1. The Labute approximate surface area is 177 Å². The zero-order valence-corrected chi connectivity index (χ0v) is 18.3. The van der Waals surface area contributed by atoms with Crippen LogP contribution in [0.25, 0.3) is 0 Å². The van der Waals surface area contributed by atoms with E-state index < -0.39 is 16.1 Å². The highest BCUT2D eigenvalue weighted by molar-refractivity contribution is 7.89. The van der Waals surface area contributed by atoms with Gasteiger partial charge in [0.15, 0.2) is 11.5 Å². The second-order valence-corrected chi connectivity index (χ2v) is 9.47. The molecule has 1 saturated heterocycles. The van der Waals surface area contributed by atoms with Gasteiger partial charge in [0.2, 0.25) is 10.0 Å². The van der Waals surface area contributed by atoms with Crippen LogP contribution in [0.15, 0.2) is 29.2 Å². The molecule has 0 radical (unpaired) electrons. The van der Waals surface area contributed by atoms with Crippen molar-refractivity contribution in [2.24, 2.45) is 0 Å². The summed E-state index contributed by atoms with van der Waals surface area (Å²) in [4.78, 5) is 11.4. The largest absolute Gasteiger partial charge is 0.486 e. The van der Waals surface area contributed by atoms with Crippen LogP contribution < -0.4 is 19.7 Å². The molecule has 30 heavy (non-hydrogen) atoms. The molecular formula is C20H27N5O4S. The Balaban J connectivity index is 1.70. The van der Waals surface area contributed by atoms with Gasteiger partial charge in [-0.05, 0) is 32.0 Å². The number of ether oxygens (including phenoxy) is 2. The Morgan fingerprint density at radius 1 is 1.17 bits per heavy atom. The standard InChI is InChI=1S/C20H27N5O4S/c1-21-13-14-11-19(24(2)3)23-20(22-14)16-5-4-8-25(16)30(26,27)15-6-7-17-18(12-15)29-10-9-28-17/h6-7,11-12,16,21H,4-5,8-10,13H2,1-3H3/t16-/m0/s1. The summed E-state index contributed by atoms with van der Waals surface area (Å²) in [5.41, 5.74) is 0.828. The molecule has 0 aliphatic carbocycles. The minimum absolute atomic E-state index is 0.192. The molecule has 2 aromatic rings. The Morgan fingerprint density at radius 2 is 1.93 bits per heavy atom. The molecule has 2 aliphatic rings. The van der Waals surface area contributed by atoms with Crippen molar-refractivity contribution in [2.75, 3.05) is 45.8 Å². The van der Waals surface area contributed by atoms with Crippen LogP contribution in [0, 0.1) is 0 Å². The second-order valence-electron chi connectivity index (χ2n) is 7.58. The molecule has 3 heterocycles. The van der Waals surface area contributed by atoms with Crippen molar-refractivity contribution in [3.8, 4) is 11.5 Å². The van der Waals surface area contributed by atoms with E-state index >= 15 is 0 Å². The van der Waals surface area contributed by atoms with Crippen molar-refractivity contribution in [2.45, 2.75) is 30.3 Å². The number of rotatable bonds is 6. The predicted octanol–water partition coefficient (Wildman–Crippen LogP) is 1.56. The van der Waals surface area contributed by atoms with Crippen molar-refractivity contribution < 1.29 is 17.9 Å². The Hall–Kier alpha value is -2.43. The zero-order chi connectivity index (χ0) is 21.3. The van der Waals surface area contributed by atoms with E-state index in [9.17, 15) is 8.42 Å². The summed E-state index contributed by atoms with van der Waals surface area (Å²) >= 11 is 0. The average Bonchev–Trinajstić information content (AvgIpc) is 3.24. The molecule has 162 valence electrons. The van der Waals surface area contributed by atoms with E-state index in [1.165, 1.54) is 4.31 Å². The number of nitrogens with zero attached hydrogens (tertiary/aromatic N) is 4. The number of aromatic nitrogens is 2. The van der Waals surface area contributed by atoms with Gasteiger partial charge in [-0.3, -0.25) is 0 Å². The van der Waals surface area contributed by atoms with Gasteiger partial charge < -0.3 is 19.7 Å². The molecule has 0 unspecified atom stereocenters. The molecule has 4 rings (SSSR count). The van der Waals surface area contributed by atoms with E-state index in [0.29, 0.717) is 50.0 Å². The molecule has 0 bridgehead atoms. The van der Waals surface area contributed by atoms with Gasteiger partial charge in [0, 0.05) is 39.3 Å². The number of benzene rings is 1. The molecule has 9 nitrogen and oxygen atoms in total. The molecule has 0 saturated carbocycles. The van der Waals surface area contributed by atoms with Crippen LogP contribution in [0.3, 0.4) is 0 Å². The van der Waals surface area contributed by atoms with Crippen LogP contribution in [0.5, 0.6) is 11.5 Å². The predicted molar refractivity (Wildman–Crippen MR) is 112 cm³/mol. The summed E-state index contributed by atoms with van der Waals surface area (Å²) < 4.78 is 39.6. The van der Waals surface area contributed by atoms with Crippen molar-refractivity contribution in [3.63, 3.8) is 0 Å². The summed E-state index contributed by atoms with van der Waals surface area (Å²) in [5.74, 6) is 2.32. The van der Waals surface area contributed by atoms with Gasteiger partial charge in [-0.1, -0.05) is 0 Å². The topological polar surface area (TPSA) is 96.9 Å². The molecule has 1 aromatic carbocycles. The molecule has 1 aromatic heterocycles. The van der Waals surface area contributed by atoms with Gasteiger partial charge in [0.05, 0.1) is 16.6 Å². The summed E-state index contributed by atoms with van der Waals surface area (Å²) in [6.07, 6.45) is 1.44. The van der Waals surface area contributed by atoms with Crippen LogP contribution in [0.2, 0.25) is 0 Å². The van der Waals surface area contributed by atoms with Gasteiger partial charge in [-0.2, -0.15) is 4.31 Å². The molecule has 1 atom stereocenters. The van der Waals surface area contributed by atoms with Gasteiger partial charge >= 0.3 is 0 Å². The van der Waals surface area contributed by atoms with Crippen LogP contribution >= 0.6 is 0 Å². The number of fused-ring (bicyclic) bond motifs is 1. The third-order valence-electron chi connectivity index (χ3n) is 5.22. The highest BCUT2D eigenvalue weighted by atomic mass is 32.2. The molecule has 1 fully saturated rings. The maximum absolute atomic E-state index is 13.5. The first kappa shape index (κ1) is 20.8. The molecule has 0 spiro atoms. The van der Waals surface area contributed by atoms with Crippen molar-refractivity contribution >= 4 is 15.8 Å². The fourth-order valence-corrected chi connectivity index (χ4v) is 5.43. The monoisotopic (exact) mass is 433 g/mol. The van der Waals surface area contributed by atoms with Gasteiger partial charge in [-0.15, -0.1) is 0 Å². The van der Waals surface area contributed by atoms with Gasteiger partial charge in [-0.25, -0.2) is 18.4 Å². The lowest BCUT2D eigenvalue weighted by Gasteiger charge is -2.25. The molecular weight excluding hydrogens is 406 g/mol. The minimum atomic E-state index is -3.74. The Bertz CT molecular complexity index is 1030. The summed E-state index contributed by atoms with van der Waals surface area (Å²) in [6.45, 7) is 1.88. The first-order valence-corrected chi connectivity index (χ1v) is 11.5. The van der Waals surface area contributed by atoms with Crippen LogP contribution in [-0.2, 0) is 16.6 Å². The normalized spacial score (nSPS) is 19.1. The first-order valence-electron chi connectivity index (χ1n) is 10.0. The highest BCUT2D eigenvalue weighted by Gasteiger charge is 2.38. The van der Waals surface area contributed by atoms with E-state index in [1.54, 1.807) is 18.2 Å². The minimum Gasteiger partial charge on any atom is -0.486 e. The first-order chi connectivity index (χ1) is 14.4. The van der Waals surface area contributed by atoms with Crippen LogP contribution in [0.1, 0.15) is 30.4 Å². The lowest BCUT2D eigenvalue weighted by molar-refractivity contribution is 0.171. The van der Waals surface area contributed by atoms with Crippen LogP contribution in [-0.4, -0.2) is 63.6 Å². The fraction of sp³-hybridized carbons (Fsp3) is 0.500. The summed E-state index contributed by atoms with van der Waals surface area (Å²) in [5, 5.41) is 3.10. The maximum atomic E-state index is 13.5. The average molecular weight is 434 g/mol. The summed E-state index contributed by atoms with van der Waals surface area (Å²) in [7, 11) is 1.93. The van der Waals surface area contributed by atoms with Crippen molar-refractivity contribution in [1.82, 2.24) is 19.6 Å². The maximum Gasteiger partial charge on any atom is 0.243 e. The molecule has 0 amide bonds. The van der Waals surface area contributed by atoms with Gasteiger partial charge in [0.25, 0.3) is 0 Å². The van der Waals surface area contributed by atoms with Crippen molar-refractivity contribution in [3.05, 3.63) is 35.8 Å². The third-order valence-corrected chi connectivity index (χ3v) is 7.13. The Morgan fingerprint density at radius 3 is 2.67 bits per heavy atom. The smallest absolute Gasteiger partial charge is 0.243 e. The third kappa shape index (κ3) is 3.94. The van der Waals surface area contributed by atoms with E-state index in [-0.39, 0.29) is 4.90 Å². The number of hydrogen-bond acceptors (Lipinski definition) is 8. The van der Waals surface area contributed by atoms with E-state index in [4.69, 9.17) is 9.47 Å². The quantitative estimate of drug-likeness (QED) is 0.733.